The van der Waals surface area contributed by atoms with Gasteiger partial charge in [-0.25, -0.2) is 0 Å². The largest absolute Gasteiger partial charge is 0.393 e. The highest BCUT2D eigenvalue weighted by Crippen LogP contribution is 2.08. The minimum absolute atomic E-state index is 0.581. The van der Waals surface area contributed by atoms with Crippen LogP contribution in [0, 0.1) is 0 Å². The van der Waals surface area contributed by atoms with E-state index < -0.39 is 0 Å². The van der Waals surface area contributed by atoms with E-state index in [9.17, 15) is 0 Å². The first-order chi connectivity index (χ1) is 6.75. The second-order valence-electron chi connectivity index (χ2n) is 3.43. The maximum atomic E-state index is 5.46. The average Bonchev–Trinajstić information content (AvgIpc) is 2.61. The Morgan fingerprint density at radius 1 is 1.57 bits per heavy atom. The Balaban J connectivity index is 1.91. The molecule has 76 valence electrons. The Labute approximate surface area is 87.9 Å². The van der Waals surface area contributed by atoms with Crippen LogP contribution in [0.25, 0.3) is 0 Å². The number of thiocarbonyl (C=S) groups is 1. The zero-order chi connectivity index (χ0) is 9.97. The Kier molecular flexibility index (Phi) is 2.74. The van der Waals surface area contributed by atoms with Crippen LogP contribution in [0.3, 0.4) is 0 Å². The molecule has 2 heterocycles. The van der Waals surface area contributed by atoms with E-state index in [1.807, 2.05) is 0 Å². The van der Waals surface area contributed by atoms with Crippen molar-refractivity contribution < 1.29 is 0 Å². The van der Waals surface area contributed by atoms with E-state index in [0.717, 1.165) is 38.4 Å². The molecule has 6 heteroatoms. The fourth-order valence-electron chi connectivity index (χ4n) is 1.58. The molecular weight excluding hydrogens is 198 g/mol. The van der Waals surface area contributed by atoms with E-state index in [1.165, 1.54) is 0 Å². The highest BCUT2D eigenvalue weighted by molar-refractivity contribution is 7.80. The molecule has 0 radical (unpaired) electrons. The number of nitrogens with two attached hydrogens (primary N) is 1. The summed E-state index contributed by atoms with van der Waals surface area (Å²) in [6.07, 6.45) is 2.56. The van der Waals surface area contributed by atoms with Crippen molar-refractivity contribution in [2.75, 3.05) is 13.1 Å². The van der Waals surface area contributed by atoms with Crippen LogP contribution in [0.15, 0.2) is 6.33 Å². The Hall–Kier alpha value is -1.01. The molecule has 0 aliphatic carbocycles. The summed E-state index contributed by atoms with van der Waals surface area (Å²) in [5.74, 6) is 1.03. The van der Waals surface area contributed by atoms with Crippen molar-refractivity contribution in [1.29, 1.82) is 0 Å². The molecule has 1 aliphatic heterocycles. The van der Waals surface area contributed by atoms with Crippen molar-refractivity contribution in [3.8, 4) is 0 Å². The van der Waals surface area contributed by atoms with Crippen molar-refractivity contribution >= 4 is 17.2 Å². The Morgan fingerprint density at radius 2 is 2.43 bits per heavy atom. The van der Waals surface area contributed by atoms with Crippen molar-refractivity contribution in [3.05, 3.63) is 12.2 Å². The van der Waals surface area contributed by atoms with Gasteiger partial charge in [-0.2, -0.15) is 0 Å². The lowest BCUT2D eigenvalue weighted by Gasteiger charge is -2.26. The van der Waals surface area contributed by atoms with Crippen LogP contribution in [-0.4, -0.2) is 37.7 Å². The van der Waals surface area contributed by atoms with Gasteiger partial charge < -0.3 is 10.3 Å². The highest BCUT2D eigenvalue weighted by atomic mass is 32.1. The third-order valence-electron chi connectivity index (χ3n) is 2.39. The second-order valence-corrected chi connectivity index (χ2v) is 3.96. The standard InChI is InChI=1S/C8H13N5S/c9-7(14)1-2-12-3-4-13-6-10-11-8(13)5-12/h6H,1-5H2,(H2,9,14). The number of aromatic nitrogens is 3. The molecule has 5 nitrogen and oxygen atoms in total. The van der Waals surface area contributed by atoms with Crippen LogP contribution in [0.2, 0.25) is 0 Å². The molecule has 2 N–H and O–H groups in total. The first-order valence-corrected chi connectivity index (χ1v) is 5.04. The number of rotatable bonds is 3. The third-order valence-corrected chi connectivity index (χ3v) is 2.60. The van der Waals surface area contributed by atoms with Crippen molar-refractivity contribution in [2.24, 2.45) is 5.73 Å². The fourth-order valence-corrected chi connectivity index (χ4v) is 1.67. The lowest BCUT2D eigenvalue weighted by molar-refractivity contribution is 0.223. The lowest BCUT2D eigenvalue weighted by atomic mass is 10.3. The lowest BCUT2D eigenvalue weighted by Crippen LogP contribution is -2.35. The molecule has 0 bridgehead atoms. The van der Waals surface area contributed by atoms with Gasteiger partial charge in [0.1, 0.15) is 12.2 Å². The summed E-state index contributed by atoms with van der Waals surface area (Å²) in [6, 6.07) is 0. The van der Waals surface area contributed by atoms with Crippen LogP contribution in [0.1, 0.15) is 12.2 Å². The van der Waals surface area contributed by atoms with Gasteiger partial charge in [0.2, 0.25) is 0 Å². The van der Waals surface area contributed by atoms with E-state index in [1.54, 1.807) is 6.33 Å². The molecule has 14 heavy (non-hydrogen) atoms. The van der Waals surface area contributed by atoms with Gasteiger partial charge in [0.15, 0.2) is 0 Å². The minimum Gasteiger partial charge on any atom is -0.393 e. The van der Waals surface area contributed by atoms with Crippen LogP contribution in [0.4, 0.5) is 0 Å². The van der Waals surface area contributed by atoms with Crippen LogP contribution < -0.4 is 5.73 Å². The number of nitrogens with zero attached hydrogens (tertiary/aromatic N) is 4. The molecule has 0 atom stereocenters. The normalized spacial score (nSPS) is 16.6. The molecule has 0 saturated carbocycles. The Bertz CT molecular complexity index is 334. The SMILES string of the molecule is NC(=S)CCN1CCn2cnnc2C1. The third kappa shape index (κ3) is 2.08. The van der Waals surface area contributed by atoms with Gasteiger partial charge in [-0.05, 0) is 0 Å². The van der Waals surface area contributed by atoms with Crippen molar-refractivity contribution in [2.45, 2.75) is 19.5 Å². The first kappa shape index (κ1) is 9.54. The van der Waals surface area contributed by atoms with Gasteiger partial charge in [-0.15, -0.1) is 10.2 Å². The topological polar surface area (TPSA) is 60.0 Å². The predicted molar refractivity (Wildman–Crippen MR) is 56.7 cm³/mol. The van der Waals surface area contributed by atoms with Crippen LogP contribution in [0.5, 0.6) is 0 Å². The van der Waals surface area contributed by atoms with E-state index in [-0.39, 0.29) is 0 Å². The molecule has 1 aliphatic rings. The fraction of sp³-hybridized carbons (Fsp3) is 0.625. The molecule has 0 spiro atoms. The number of fused-ring (bicyclic) bond motifs is 1. The summed E-state index contributed by atoms with van der Waals surface area (Å²) in [6.45, 7) is 3.75. The highest BCUT2D eigenvalue weighted by Gasteiger charge is 2.16. The summed E-state index contributed by atoms with van der Waals surface area (Å²) in [7, 11) is 0. The zero-order valence-electron chi connectivity index (χ0n) is 7.89. The molecule has 0 amide bonds. The summed E-state index contributed by atoms with van der Waals surface area (Å²) in [5.41, 5.74) is 5.46. The van der Waals surface area contributed by atoms with E-state index in [0.29, 0.717) is 4.99 Å². The van der Waals surface area contributed by atoms with Gasteiger partial charge in [0, 0.05) is 26.1 Å². The maximum absolute atomic E-state index is 5.46. The second kappa shape index (κ2) is 4.02. The van der Waals surface area contributed by atoms with Gasteiger partial charge >= 0.3 is 0 Å². The summed E-state index contributed by atoms with van der Waals surface area (Å²) >= 11 is 4.84. The van der Waals surface area contributed by atoms with Crippen LogP contribution >= 0.6 is 12.2 Å². The number of hydrogen-bond donors (Lipinski definition) is 1. The molecule has 0 unspecified atom stereocenters. The molecule has 0 saturated heterocycles. The van der Waals surface area contributed by atoms with Gasteiger partial charge in [-0.1, -0.05) is 12.2 Å². The first-order valence-electron chi connectivity index (χ1n) is 4.63. The van der Waals surface area contributed by atoms with E-state index in [2.05, 4.69) is 19.7 Å². The summed E-state index contributed by atoms with van der Waals surface area (Å²) < 4.78 is 2.08. The van der Waals surface area contributed by atoms with E-state index >= 15 is 0 Å². The predicted octanol–water partition coefficient (Wildman–Crippen LogP) is -0.230. The van der Waals surface area contributed by atoms with E-state index in [4.69, 9.17) is 18.0 Å². The van der Waals surface area contributed by atoms with Crippen LogP contribution in [-0.2, 0) is 13.1 Å². The Morgan fingerprint density at radius 3 is 3.21 bits per heavy atom. The number of hydrogen-bond acceptors (Lipinski definition) is 4. The van der Waals surface area contributed by atoms with Crippen molar-refractivity contribution in [1.82, 2.24) is 19.7 Å². The summed E-state index contributed by atoms with van der Waals surface area (Å²) in [5, 5.41) is 7.91. The molecule has 0 aromatic carbocycles. The smallest absolute Gasteiger partial charge is 0.147 e. The summed E-state index contributed by atoms with van der Waals surface area (Å²) in [4.78, 5) is 2.88. The maximum Gasteiger partial charge on any atom is 0.147 e. The molecule has 1 aromatic rings. The quantitative estimate of drug-likeness (QED) is 0.700. The molecule has 2 rings (SSSR count). The van der Waals surface area contributed by atoms with Gasteiger partial charge in [0.25, 0.3) is 0 Å². The zero-order valence-corrected chi connectivity index (χ0v) is 8.70. The average molecular weight is 211 g/mol. The molecule has 1 aromatic heterocycles. The van der Waals surface area contributed by atoms with Gasteiger partial charge in [-0.3, -0.25) is 4.90 Å². The monoisotopic (exact) mass is 211 g/mol. The van der Waals surface area contributed by atoms with Gasteiger partial charge in [0.05, 0.1) is 11.5 Å². The van der Waals surface area contributed by atoms with Crippen molar-refractivity contribution in [3.63, 3.8) is 0 Å². The molecular formula is C8H13N5S. The molecule has 0 fully saturated rings. The minimum atomic E-state index is 0.581.